The molecule has 2 bridgehead atoms. The second-order valence-corrected chi connectivity index (χ2v) is 6.29. The maximum atomic E-state index is 12.8. The number of methoxy groups -OCH3 is 1. The molecular weight excluding hydrogens is 298 g/mol. The molecule has 0 saturated carbocycles. The maximum absolute atomic E-state index is 12.8. The third-order valence-electron chi connectivity index (χ3n) is 4.94. The van der Waals surface area contributed by atoms with Gasteiger partial charge < -0.3 is 19.5 Å². The van der Waals surface area contributed by atoms with Crippen LogP contribution in [0.25, 0.3) is 0 Å². The second-order valence-electron chi connectivity index (χ2n) is 6.29. The minimum atomic E-state index is -0.725. The Morgan fingerprint density at radius 2 is 2.35 bits per heavy atom. The Kier molecular flexibility index (Phi) is 2.99. The van der Waals surface area contributed by atoms with Crippen LogP contribution >= 0.6 is 0 Å². The zero-order valence-corrected chi connectivity index (χ0v) is 12.6. The average Bonchev–Trinajstić information content (AvgIpc) is 3.15. The number of carbonyl (C=O) groups excluding carboxylic acids is 2. The fourth-order valence-electron chi connectivity index (χ4n) is 3.99. The monoisotopic (exact) mass is 315 g/mol. The predicted molar refractivity (Wildman–Crippen MR) is 79.3 cm³/mol. The van der Waals surface area contributed by atoms with Crippen molar-refractivity contribution in [3.8, 4) is 5.75 Å². The topological polar surface area (TPSA) is 76.1 Å². The molecule has 4 rings (SSSR count). The van der Waals surface area contributed by atoms with Gasteiger partial charge >= 0.3 is 5.97 Å². The van der Waals surface area contributed by atoms with Gasteiger partial charge in [-0.15, -0.1) is 0 Å². The standard InChI is InChI=1S/C17H17NO5/c1-22-16(21)13-12-5-6-17(23-12)9-18(15(20)14(13)17)8-10-3-2-4-11(19)7-10/h2-7,12-14,19H,8-9H2,1H3/t12-,13-,14+,17+/m1/s1. The van der Waals surface area contributed by atoms with Gasteiger partial charge in [0.15, 0.2) is 0 Å². The van der Waals surface area contributed by atoms with Crippen molar-refractivity contribution in [2.24, 2.45) is 11.8 Å². The molecule has 3 aliphatic heterocycles. The van der Waals surface area contributed by atoms with E-state index in [2.05, 4.69) is 0 Å². The van der Waals surface area contributed by atoms with Crippen LogP contribution in [0.4, 0.5) is 0 Å². The van der Waals surface area contributed by atoms with E-state index in [1.807, 2.05) is 18.2 Å². The fraction of sp³-hybridized carbons (Fsp3) is 0.412. The molecule has 6 nitrogen and oxygen atoms in total. The number of rotatable bonds is 3. The van der Waals surface area contributed by atoms with Crippen LogP contribution in [-0.4, -0.2) is 47.2 Å². The zero-order chi connectivity index (χ0) is 16.2. The summed E-state index contributed by atoms with van der Waals surface area (Å²) < 4.78 is 10.8. The Bertz CT molecular complexity index is 715. The van der Waals surface area contributed by atoms with Gasteiger partial charge in [-0.1, -0.05) is 24.3 Å². The van der Waals surface area contributed by atoms with Crippen molar-refractivity contribution in [3.05, 3.63) is 42.0 Å². The van der Waals surface area contributed by atoms with Gasteiger partial charge in [-0.3, -0.25) is 9.59 Å². The number of hydrogen-bond donors (Lipinski definition) is 1. The van der Waals surface area contributed by atoms with Gasteiger partial charge in [0.1, 0.15) is 17.3 Å². The summed E-state index contributed by atoms with van der Waals surface area (Å²) in [5.74, 6) is -1.44. The van der Waals surface area contributed by atoms with Crippen LogP contribution in [0.3, 0.4) is 0 Å². The highest BCUT2D eigenvalue weighted by molar-refractivity contribution is 5.91. The van der Waals surface area contributed by atoms with E-state index in [1.165, 1.54) is 7.11 Å². The summed E-state index contributed by atoms with van der Waals surface area (Å²) in [6, 6.07) is 6.81. The maximum Gasteiger partial charge on any atom is 0.312 e. The number of fused-ring (bicyclic) bond motifs is 1. The predicted octanol–water partition coefficient (Wildman–Crippen LogP) is 0.847. The van der Waals surface area contributed by atoms with E-state index in [9.17, 15) is 14.7 Å². The van der Waals surface area contributed by atoms with E-state index in [0.29, 0.717) is 13.1 Å². The molecule has 0 aliphatic carbocycles. The number of likely N-dealkylation sites (tertiary alicyclic amines) is 1. The van der Waals surface area contributed by atoms with Crippen molar-refractivity contribution >= 4 is 11.9 Å². The number of carbonyl (C=O) groups is 2. The normalized spacial score (nSPS) is 34.0. The number of nitrogens with zero attached hydrogens (tertiary/aromatic N) is 1. The van der Waals surface area contributed by atoms with Gasteiger partial charge in [-0.2, -0.15) is 0 Å². The van der Waals surface area contributed by atoms with E-state index in [4.69, 9.17) is 9.47 Å². The first-order valence-corrected chi connectivity index (χ1v) is 7.56. The molecule has 1 N–H and O–H groups in total. The highest BCUT2D eigenvalue weighted by Gasteiger charge is 2.67. The molecule has 0 unspecified atom stereocenters. The van der Waals surface area contributed by atoms with E-state index in [0.717, 1.165) is 5.56 Å². The molecule has 6 heteroatoms. The molecular formula is C17H17NO5. The number of amides is 1. The van der Waals surface area contributed by atoms with Crippen molar-refractivity contribution < 1.29 is 24.2 Å². The summed E-state index contributed by atoms with van der Waals surface area (Å²) in [5.41, 5.74) is 0.111. The Morgan fingerprint density at radius 1 is 1.52 bits per heavy atom. The van der Waals surface area contributed by atoms with Crippen LogP contribution in [0, 0.1) is 11.8 Å². The molecule has 1 spiro atoms. The SMILES string of the molecule is COC(=O)[C@H]1[C@H]2C(=O)N(Cc3cccc(O)c3)C[C@@]23C=C[C@H]1O3. The van der Waals surface area contributed by atoms with E-state index < -0.39 is 23.4 Å². The van der Waals surface area contributed by atoms with Crippen LogP contribution in [0.2, 0.25) is 0 Å². The Balaban J connectivity index is 1.61. The van der Waals surface area contributed by atoms with Crippen LogP contribution in [0.5, 0.6) is 5.75 Å². The molecule has 3 heterocycles. The Morgan fingerprint density at radius 3 is 3.09 bits per heavy atom. The van der Waals surface area contributed by atoms with Crippen molar-refractivity contribution in [2.75, 3.05) is 13.7 Å². The van der Waals surface area contributed by atoms with Crippen LogP contribution in [0.1, 0.15) is 5.56 Å². The van der Waals surface area contributed by atoms with Gasteiger partial charge in [-0.25, -0.2) is 0 Å². The lowest BCUT2D eigenvalue weighted by molar-refractivity contribution is -0.151. The summed E-state index contributed by atoms with van der Waals surface area (Å²) in [6.45, 7) is 0.786. The number of hydrogen-bond acceptors (Lipinski definition) is 5. The van der Waals surface area contributed by atoms with Crippen LogP contribution < -0.4 is 0 Å². The Labute approximate surface area is 133 Å². The molecule has 1 aromatic carbocycles. The molecule has 2 fully saturated rings. The fourth-order valence-corrected chi connectivity index (χ4v) is 3.99. The van der Waals surface area contributed by atoms with E-state index in [1.54, 1.807) is 23.1 Å². The molecule has 1 amide bonds. The van der Waals surface area contributed by atoms with Crippen LogP contribution in [-0.2, 0) is 25.6 Å². The second kappa shape index (κ2) is 4.83. The van der Waals surface area contributed by atoms with E-state index in [-0.39, 0.29) is 17.8 Å². The number of phenols is 1. The Hall–Kier alpha value is -2.34. The highest BCUT2D eigenvalue weighted by atomic mass is 16.5. The number of aromatic hydroxyl groups is 1. The quantitative estimate of drug-likeness (QED) is 0.661. The number of esters is 1. The third kappa shape index (κ3) is 1.98. The molecule has 0 aromatic heterocycles. The molecule has 3 aliphatic rings. The number of phenolic OH excluding ortho intramolecular Hbond substituents is 1. The van der Waals surface area contributed by atoms with Gasteiger partial charge in [0, 0.05) is 6.54 Å². The summed E-state index contributed by atoms with van der Waals surface area (Å²) in [6.07, 6.45) is 3.38. The zero-order valence-electron chi connectivity index (χ0n) is 12.6. The van der Waals surface area contributed by atoms with Gasteiger partial charge in [-0.05, 0) is 17.7 Å². The smallest absolute Gasteiger partial charge is 0.312 e. The first-order valence-electron chi connectivity index (χ1n) is 7.56. The average molecular weight is 315 g/mol. The summed E-state index contributed by atoms with van der Waals surface area (Å²) in [4.78, 5) is 26.6. The highest BCUT2D eigenvalue weighted by Crippen LogP contribution is 2.52. The molecule has 0 radical (unpaired) electrons. The van der Waals surface area contributed by atoms with Gasteiger partial charge in [0.2, 0.25) is 5.91 Å². The first-order chi connectivity index (χ1) is 11.0. The minimum absolute atomic E-state index is 0.101. The van der Waals surface area contributed by atoms with Gasteiger partial charge in [0.25, 0.3) is 0 Å². The van der Waals surface area contributed by atoms with Crippen LogP contribution in [0.15, 0.2) is 36.4 Å². The molecule has 120 valence electrons. The summed E-state index contributed by atoms with van der Waals surface area (Å²) in [7, 11) is 1.33. The largest absolute Gasteiger partial charge is 0.508 e. The molecule has 23 heavy (non-hydrogen) atoms. The van der Waals surface area contributed by atoms with E-state index >= 15 is 0 Å². The lowest BCUT2D eigenvalue weighted by Crippen LogP contribution is -2.39. The molecule has 2 saturated heterocycles. The third-order valence-corrected chi connectivity index (χ3v) is 4.94. The number of ether oxygens (including phenoxy) is 2. The first kappa shape index (κ1) is 14.3. The lowest BCUT2D eigenvalue weighted by atomic mass is 9.77. The molecule has 4 atom stereocenters. The lowest BCUT2D eigenvalue weighted by Gasteiger charge is -2.22. The number of benzene rings is 1. The van der Waals surface area contributed by atoms with Crippen molar-refractivity contribution in [2.45, 2.75) is 18.2 Å². The minimum Gasteiger partial charge on any atom is -0.508 e. The molecule has 1 aromatic rings. The van der Waals surface area contributed by atoms with Crippen molar-refractivity contribution in [3.63, 3.8) is 0 Å². The van der Waals surface area contributed by atoms with Crippen molar-refractivity contribution in [1.82, 2.24) is 4.90 Å². The van der Waals surface area contributed by atoms with Gasteiger partial charge in [0.05, 0.1) is 25.7 Å². The summed E-state index contributed by atoms with van der Waals surface area (Å²) >= 11 is 0. The summed E-state index contributed by atoms with van der Waals surface area (Å²) in [5, 5.41) is 9.56. The van der Waals surface area contributed by atoms with Crippen molar-refractivity contribution in [1.29, 1.82) is 0 Å².